The van der Waals surface area contributed by atoms with E-state index < -0.39 is 0 Å². The van der Waals surface area contributed by atoms with Gasteiger partial charge < -0.3 is 19.4 Å². The molecule has 1 saturated heterocycles. The second-order valence-electron chi connectivity index (χ2n) is 8.60. The van der Waals surface area contributed by atoms with Gasteiger partial charge in [-0.05, 0) is 43.0 Å². The second kappa shape index (κ2) is 7.41. The van der Waals surface area contributed by atoms with Gasteiger partial charge in [0.1, 0.15) is 11.3 Å². The highest BCUT2D eigenvalue weighted by molar-refractivity contribution is 6.09. The molecule has 9 heteroatoms. The summed E-state index contributed by atoms with van der Waals surface area (Å²) in [5.41, 5.74) is 4.90. The van der Waals surface area contributed by atoms with E-state index in [1.54, 1.807) is 30.5 Å². The van der Waals surface area contributed by atoms with Crippen LogP contribution in [0.3, 0.4) is 0 Å². The summed E-state index contributed by atoms with van der Waals surface area (Å²) < 4.78 is 12.7. The highest BCUT2D eigenvalue weighted by Crippen LogP contribution is 2.32. The minimum atomic E-state index is -0.231. The summed E-state index contributed by atoms with van der Waals surface area (Å²) in [5.74, 6) is 1.39. The summed E-state index contributed by atoms with van der Waals surface area (Å²) in [6.45, 7) is 3.78. The van der Waals surface area contributed by atoms with Gasteiger partial charge in [-0.2, -0.15) is 0 Å². The predicted molar refractivity (Wildman–Crippen MR) is 122 cm³/mol. The molecule has 1 unspecified atom stereocenters. The first-order valence-electron chi connectivity index (χ1n) is 11.0. The van der Waals surface area contributed by atoms with E-state index in [-0.39, 0.29) is 17.4 Å². The molecule has 1 fully saturated rings. The fourth-order valence-corrected chi connectivity index (χ4v) is 4.93. The maximum atomic E-state index is 13.5. The van der Waals surface area contributed by atoms with Gasteiger partial charge in [-0.25, -0.2) is 9.97 Å². The molecule has 1 atom stereocenters. The first-order chi connectivity index (χ1) is 16.0. The van der Waals surface area contributed by atoms with Crippen molar-refractivity contribution < 1.29 is 14.3 Å². The molecular weight excluding hydrogens is 422 g/mol. The number of aromatic nitrogens is 4. The molecule has 2 aliphatic heterocycles. The normalized spacial score (nSPS) is 17.8. The van der Waals surface area contributed by atoms with Gasteiger partial charge in [0.15, 0.2) is 0 Å². The maximum Gasteiger partial charge on any atom is 0.274 e. The number of benzene rings is 1. The summed E-state index contributed by atoms with van der Waals surface area (Å²) in [5, 5.41) is 0. The Kier molecular flexibility index (Phi) is 4.48. The van der Waals surface area contributed by atoms with Crippen LogP contribution in [0.1, 0.15) is 39.6 Å². The molecule has 4 aromatic rings. The van der Waals surface area contributed by atoms with Gasteiger partial charge in [-0.3, -0.25) is 14.0 Å². The van der Waals surface area contributed by atoms with Crippen LogP contribution in [0.5, 0.6) is 5.88 Å². The maximum absolute atomic E-state index is 13.5. The van der Waals surface area contributed by atoms with Crippen LogP contribution in [0.15, 0.2) is 35.4 Å². The van der Waals surface area contributed by atoms with Crippen LogP contribution in [0.4, 0.5) is 5.69 Å². The number of imidazole rings is 1. The molecule has 0 bridgehead atoms. The molecule has 33 heavy (non-hydrogen) atoms. The summed E-state index contributed by atoms with van der Waals surface area (Å²) in [6, 6.07) is 5.60. The molecule has 1 N–H and O–H groups in total. The van der Waals surface area contributed by atoms with E-state index in [0.29, 0.717) is 42.2 Å². The Balaban J connectivity index is 1.47. The number of aryl methyl sites for hydroxylation is 1. The minimum Gasteiger partial charge on any atom is -0.481 e. The fraction of sp³-hybridized carbons (Fsp3) is 0.333. The van der Waals surface area contributed by atoms with E-state index in [1.807, 2.05) is 23.5 Å². The van der Waals surface area contributed by atoms with Crippen molar-refractivity contribution in [3.8, 4) is 5.88 Å². The van der Waals surface area contributed by atoms with Crippen molar-refractivity contribution >= 4 is 28.1 Å². The molecule has 0 aliphatic carbocycles. The Hall–Kier alpha value is -3.72. The van der Waals surface area contributed by atoms with Gasteiger partial charge >= 0.3 is 0 Å². The monoisotopic (exact) mass is 445 g/mol. The van der Waals surface area contributed by atoms with Gasteiger partial charge in [0.25, 0.3) is 11.5 Å². The molecule has 0 spiro atoms. The van der Waals surface area contributed by atoms with Crippen molar-refractivity contribution in [3.05, 3.63) is 63.5 Å². The number of anilines is 1. The predicted octanol–water partition coefficient (Wildman–Crippen LogP) is 2.59. The molecule has 1 aromatic carbocycles. The lowest BCUT2D eigenvalue weighted by atomic mass is 10.0. The van der Waals surface area contributed by atoms with Crippen LogP contribution < -0.4 is 15.2 Å². The van der Waals surface area contributed by atoms with Gasteiger partial charge in [0.2, 0.25) is 5.88 Å². The van der Waals surface area contributed by atoms with Gasteiger partial charge in [-0.1, -0.05) is 0 Å². The zero-order valence-corrected chi connectivity index (χ0v) is 18.4. The average molecular weight is 445 g/mol. The number of rotatable bonds is 3. The Morgan fingerprint density at radius 1 is 1.21 bits per heavy atom. The number of nitrogens with zero attached hydrogens (tertiary/aromatic N) is 4. The van der Waals surface area contributed by atoms with Crippen molar-refractivity contribution in [3.63, 3.8) is 0 Å². The standard InChI is InChI=1S/C24H23N5O4/c1-13-7-18-17(27-23(30)20-11-26-22(29(18)20)15-4-6-33-12-15)9-16(13)24(31)28-5-3-14-8-21(32-2)25-10-19(14)28/h7-11,15H,3-6,12H2,1-2H3,(H,27,30). The van der Waals surface area contributed by atoms with Crippen LogP contribution in [-0.4, -0.2) is 52.1 Å². The Morgan fingerprint density at radius 2 is 2.09 bits per heavy atom. The zero-order valence-electron chi connectivity index (χ0n) is 18.4. The lowest BCUT2D eigenvalue weighted by Crippen LogP contribution is -2.29. The summed E-state index contributed by atoms with van der Waals surface area (Å²) in [6.07, 6.45) is 4.91. The number of ether oxygens (including phenoxy) is 2. The number of methoxy groups -OCH3 is 1. The first-order valence-corrected chi connectivity index (χ1v) is 11.0. The topological polar surface area (TPSA) is 102 Å². The van der Waals surface area contributed by atoms with E-state index in [1.165, 1.54) is 0 Å². The van der Waals surface area contributed by atoms with Crippen LogP contribution in [0.25, 0.3) is 16.6 Å². The molecule has 168 valence electrons. The summed E-state index contributed by atoms with van der Waals surface area (Å²) in [4.78, 5) is 39.8. The quantitative estimate of drug-likeness (QED) is 0.520. The number of carbonyl (C=O) groups is 1. The van der Waals surface area contributed by atoms with Crippen molar-refractivity contribution in [2.24, 2.45) is 0 Å². The molecular formula is C24H23N5O4. The van der Waals surface area contributed by atoms with Crippen molar-refractivity contribution in [2.45, 2.75) is 25.7 Å². The van der Waals surface area contributed by atoms with E-state index in [9.17, 15) is 9.59 Å². The van der Waals surface area contributed by atoms with Crippen LogP contribution in [0, 0.1) is 6.92 Å². The lowest BCUT2D eigenvalue weighted by Gasteiger charge is -2.19. The Morgan fingerprint density at radius 3 is 2.88 bits per heavy atom. The third kappa shape index (κ3) is 3.03. The number of H-pyrrole nitrogens is 1. The number of pyridine rings is 1. The Labute approximate surface area is 189 Å². The van der Waals surface area contributed by atoms with Crippen LogP contribution >= 0.6 is 0 Å². The number of nitrogens with one attached hydrogen (secondary N) is 1. The molecule has 5 heterocycles. The molecule has 1 amide bonds. The summed E-state index contributed by atoms with van der Waals surface area (Å²) in [7, 11) is 1.58. The van der Waals surface area contributed by atoms with Crippen molar-refractivity contribution in [1.29, 1.82) is 0 Å². The largest absolute Gasteiger partial charge is 0.481 e. The number of fused-ring (bicyclic) bond motifs is 4. The number of amides is 1. The third-order valence-corrected chi connectivity index (χ3v) is 6.67. The second-order valence-corrected chi connectivity index (χ2v) is 8.60. The van der Waals surface area contributed by atoms with E-state index in [0.717, 1.165) is 41.0 Å². The van der Waals surface area contributed by atoms with Gasteiger partial charge in [0, 0.05) is 30.7 Å². The smallest absolute Gasteiger partial charge is 0.274 e. The van der Waals surface area contributed by atoms with Crippen molar-refractivity contribution in [2.75, 3.05) is 31.8 Å². The number of hydrogen-bond acceptors (Lipinski definition) is 6. The first kappa shape index (κ1) is 19.9. The zero-order chi connectivity index (χ0) is 22.7. The Bertz CT molecular complexity index is 1480. The molecule has 2 aliphatic rings. The fourth-order valence-electron chi connectivity index (χ4n) is 4.93. The number of carbonyl (C=O) groups excluding carboxylic acids is 1. The van der Waals surface area contributed by atoms with Gasteiger partial charge in [-0.15, -0.1) is 0 Å². The number of hydrogen-bond donors (Lipinski definition) is 1. The van der Waals surface area contributed by atoms with Gasteiger partial charge in [0.05, 0.1) is 42.8 Å². The highest BCUT2D eigenvalue weighted by atomic mass is 16.5. The minimum absolute atomic E-state index is 0.115. The SMILES string of the molecule is COc1cc2c(cn1)N(C(=O)c1cc3[nH]c(=O)c4cnc(C5CCOC5)n4c3cc1C)CC2. The highest BCUT2D eigenvalue weighted by Gasteiger charge is 2.29. The van der Waals surface area contributed by atoms with Crippen molar-refractivity contribution in [1.82, 2.24) is 19.4 Å². The van der Waals surface area contributed by atoms with Crippen LogP contribution in [-0.2, 0) is 11.2 Å². The summed E-state index contributed by atoms with van der Waals surface area (Å²) >= 11 is 0. The molecule has 0 saturated carbocycles. The van der Waals surface area contributed by atoms with E-state index in [4.69, 9.17) is 9.47 Å². The lowest BCUT2D eigenvalue weighted by molar-refractivity contribution is 0.0989. The van der Waals surface area contributed by atoms with E-state index in [2.05, 4.69) is 15.0 Å². The third-order valence-electron chi connectivity index (χ3n) is 6.67. The average Bonchev–Trinajstić information content (AvgIpc) is 3.57. The molecule has 0 radical (unpaired) electrons. The number of aromatic amines is 1. The molecule has 6 rings (SSSR count). The van der Waals surface area contributed by atoms with Crippen LogP contribution in [0.2, 0.25) is 0 Å². The van der Waals surface area contributed by atoms with E-state index >= 15 is 0 Å². The molecule has 3 aromatic heterocycles. The molecule has 9 nitrogen and oxygen atoms in total.